The molecule has 1 aromatic heterocycles. The summed E-state index contributed by atoms with van der Waals surface area (Å²) in [6.45, 7) is 6.30. The topological polar surface area (TPSA) is 17.0 Å². The number of hydrogen-bond acceptors (Lipinski definition) is 1. The number of rotatable bonds is 5. The summed E-state index contributed by atoms with van der Waals surface area (Å²) in [7, 11) is 0. The molecule has 1 unspecified atom stereocenters. The lowest BCUT2D eigenvalue weighted by Gasteiger charge is -2.14. The molecule has 1 N–H and O–H groups in total. The third-order valence-corrected chi connectivity index (χ3v) is 5.06. The second kappa shape index (κ2) is 7.94. The van der Waals surface area contributed by atoms with Crippen LogP contribution in [0.4, 0.5) is 0 Å². The van der Waals surface area contributed by atoms with E-state index < -0.39 is 0 Å². The van der Waals surface area contributed by atoms with Crippen molar-refractivity contribution in [3.05, 3.63) is 83.9 Å². The zero-order valence-electron chi connectivity index (χ0n) is 15.3. The van der Waals surface area contributed by atoms with Gasteiger partial charge in [0, 0.05) is 40.9 Å². The minimum atomic E-state index is 0. The summed E-state index contributed by atoms with van der Waals surface area (Å²) in [6.07, 6.45) is 0. The molecule has 2 nitrogen and oxygen atoms in total. The zero-order valence-corrected chi connectivity index (χ0v) is 16.1. The van der Waals surface area contributed by atoms with Gasteiger partial charge in [0.15, 0.2) is 0 Å². The summed E-state index contributed by atoms with van der Waals surface area (Å²) < 4.78 is 2.40. The average molecular weight is 365 g/mol. The Bertz CT molecular complexity index is 1000. The first-order valence-electron chi connectivity index (χ1n) is 9.06. The Labute approximate surface area is 161 Å². The fraction of sp³-hybridized carbons (Fsp3) is 0.217. The summed E-state index contributed by atoms with van der Waals surface area (Å²) in [6, 6.07) is 26.5. The second-order valence-corrected chi connectivity index (χ2v) is 6.63. The van der Waals surface area contributed by atoms with Crippen LogP contribution in [0, 0.1) is 0 Å². The number of nitrogens with zero attached hydrogens (tertiary/aromatic N) is 1. The van der Waals surface area contributed by atoms with E-state index in [4.69, 9.17) is 0 Å². The summed E-state index contributed by atoms with van der Waals surface area (Å²) in [5.41, 5.74) is 5.30. The molecular weight excluding hydrogens is 340 g/mol. The van der Waals surface area contributed by atoms with Crippen LogP contribution in [0.1, 0.15) is 31.0 Å². The van der Waals surface area contributed by atoms with Crippen molar-refractivity contribution >= 4 is 34.2 Å². The van der Waals surface area contributed by atoms with Crippen LogP contribution in [-0.4, -0.2) is 4.57 Å². The highest BCUT2D eigenvalue weighted by atomic mass is 35.5. The lowest BCUT2D eigenvalue weighted by molar-refractivity contribution is 0.575. The van der Waals surface area contributed by atoms with Crippen molar-refractivity contribution in [1.82, 2.24) is 9.88 Å². The molecule has 1 atom stereocenters. The molecule has 0 amide bonds. The number of halogens is 1. The van der Waals surface area contributed by atoms with E-state index in [0.29, 0.717) is 6.04 Å². The van der Waals surface area contributed by atoms with Gasteiger partial charge in [-0.1, -0.05) is 54.6 Å². The van der Waals surface area contributed by atoms with E-state index in [2.05, 4.69) is 96.5 Å². The third-order valence-electron chi connectivity index (χ3n) is 5.06. The molecule has 0 spiro atoms. The number of aryl methyl sites for hydroxylation is 1. The minimum absolute atomic E-state index is 0. The van der Waals surface area contributed by atoms with Gasteiger partial charge in [-0.2, -0.15) is 0 Å². The highest BCUT2D eigenvalue weighted by Crippen LogP contribution is 2.29. The van der Waals surface area contributed by atoms with Crippen molar-refractivity contribution in [3.8, 4) is 0 Å². The Hall–Kier alpha value is -2.29. The molecule has 0 aliphatic carbocycles. The SMILES string of the molecule is CCn1c2ccccc2c2cc(CNC(C)c3ccccc3)ccc21.Cl. The van der Waals surface area contributed by atoms with E-state index >= 15 is 0 Å². The van der Waals surface area contributed by atoms with Crippen molar-refractivity contribution in [3.63, 3.8) is 0 Å². The monoisotopic (exact) mass is 364 g/mol. The fourth-order valence-corrected chi connectivity index (χ4v) is 3.68. The van der Waals surface area contributed by atoms with Gasteiger partial charge in [0.05, 0.1) is 0 Å². The van der Waals surface area contributed by atoms with Gasteiger partial charge < -0.3 is 9.88 Å². The Morgan fingerprint density at radius 2 is 1.54 bits per heavy atom. The number of para-hydroxylation sites is 1. The molecule has 3 aromatic carbocycles. The molecule has 0 aliphatic heterocycles. The molecule has 0 fully saturated rings. The van der Waals surface area contributed by atoms with Gasteiger partial charge in [-0.05, 0) is 43.2 Å². The van der Waals surface area contributed by atoms with E-state index in [0.717, 1.165) is 13.1 Å². The highest BCUT2D eigenvalue weighted by Gasteiger charge is 2.10. The number of fused-ring (bicyclic) bond motifs is 3. The number of aromatic nitrogens is 1. The first kappa shape index (κ1) is 18.5. The van der Waals surface area contributed by atoms with Crippen LogP contribution >= 0.6 is 12.4 Å². The molecule has 4 rings (SSSR count). The van der Waals surface area contributed by atoms with Crippen LogP contribution in [0.3, 0.4) is 0 Å². The predicted molar refractivity (Wildman–Crippen MR) is 114 cm³/mol. The molecule has 134 valence electrons. The van der Waals surface area contributed by atoms with Crippen LogP contribution in [0.2, 0.25) is 0 Å². The van der Waals surface area contributed by atoms with Crippen molar-refractivity contribution in [2.24, 2.45) is 0 Å². The van der Waals surface area contributed by atoms with E-state index in [9.17, 15) is 0 Å². The van der Waals surface area contributed by atoms with Gasteiger partial charge in [0.1, 0.15) is 0 Å². The molecule has 0 saturated carbocycles. The average Bonchev–Trinajstić information content (AvgIpc) is 3.00. The fourth-order valence-electron chi connectivity index (χ4n) is 3.68. The maximum absolute atomic E-state index is 3.64. The van der Waals surface area contributed by atoms with Crippen LogP contribution in [0.15, 0.2) is 72.8 Å². The van der Waals surface area contributed by atoms with Gasteiger partial charge in [0.2, 0.25) is 0 Å². The number of hydrogen-bond donors (Lipinski definition) is 1. The predicted octanol–water partition coefficient (Wildman–Crippen LogP) is 6.09. The maximum atomic E-state index is 3.64. The van der Waals surface area contributed by atoms with Crippen LogP contribution in [-0.2, 0) is 13.1 Å². The lowest BCUT2D eigenvalue weighted by atomic mass is 10.1. The first-order valence-corrected chi connectivity index (χ1v) is 9.06. The van der Waals surface area contributed by atoms with Crippen molar-refractivity contribution in [1.29, 1.82) is 0 Å². The van der Waals surface area contributed by atoms with Gasteiger partial charge in [-0.25, -0.2) is 0 Å². The van der Waals surface area contributed by atoms with E-state index in [1.807, 2.05) is 0 Å². The van der Waals surface area contributed by atoms with Crippen molar-refractivity contribution in [2.75, 3.05) is 0 Å². The van der Waals surface area contributed by atoms with Crippen molar-refractivity contribution < 1.29 is 0 Å². The molecule has 0 saturated heterocycles. The Kier molecular flexibility index (Phi) is 5.65. The molecule has 26 heavy (non-hydrogen) atoms. The first-order chi connectivity index (χ1) is 12.3. The minimum Gasteiger partial charge on any atom is -0.341 e. The maximum Gasteiger partial charge on any atom is 0.0491 e. The molecule has 1 heterocycles. The largest absolute Gasteiger partial charge is 0.341 e. The van der Waals surface area contributed by atoms with E-state index in [1.165, 1.54) is 32.9 Å². The molecule has 0 bridgehead atoms. The Balaban J connectivity index is 0.00000196. The van der Waals surface area contributed by atoms with Gasteiger partial charge >= 0.3 is 0 Å². The molecule has 0 aliphatic rings. The molecular formula is C23H25ClN2. The summed E-state index contributed by atoms with van der Waals surface area (Å²) in [4.78, 5) is 0. The highest BCUT2D eigenvalue weighted by molar-refractivity contribution is 6.08. The van der Waals surface area contributed by atoms with Gasteiger partial charge in [-0.15, -0.1) is 12.4 Å². The molecule has 0 radical (unpaired) electrons. The number of benzene rings is 3. The van der Waals surface area contributed by atoms with Gasteiger partial charge in [0.25, 0.3) is 0 Å². The zero-order chi connectivity index (χ0) is 17.2. The van der Waals surface area contributed by atoms with E-state index in [1.54, 1.807) is 0 Å². The standard InChI is InChI=1S/C23H24N2.ClH/c1-3-25-22-12-8-7-11-20(22)21-15-18(13-14-23(21)25)16-24-17(2)19-9-5-4-6-10-19;/h4-15,17,24H,3,16H2,1-2H3;1H. The molecule has 4 aromatic rings. The second-order valence-electron chi connectivity index (χ2n) is 6.63. The van der Waals surface area contributed by atoms with E-state index in [-0.39, 0.29) is 12.4 Å². The summed E-state index contributed by atoms with van der Waals surface area (Å²) >= 11 is 0. The molecule has 3 heteroatoms. The lowest BCUT2D eigenvalue weighted by Crippen LogP contribution is -2.17. The van der Waals surface area contributed by atoms with Crippen molar-refractivity contribution in [2.45, 2.75) is 33.0 Å². The Morgan fingerprint density at radius 3 is 2.31 bits per heavy atom. The van der Waals surface area contributed by atoms with Crippen LogP contribution in [0.25, 0.3) is 21.8 Å². The third kappa shape index (κ3) is 3.35. The quantitative estimate of drug-likeness (QED) is 0.453. The normalized spacial score (nSPS) is 12.2. The Morgan fingerprint density at radius 1 is 0.846 bits per heavy atom. The number of nitrogens with one attached hydrogen (secondary N) is 1. The summed E-state index contributed by atoms with van der Waals surface area (Å²) in [5.74, 6) is 0. The summed E-state index contributed by atoms with van der Waals surface area (Å²) in [5, 5.41) is 6.34. The smallest absolute Gasteiger partial charge is 0.0491 e. The van der Waals surface area contributed by atoms with Crippen LogP contribution in [0.5, 0.6) is 0 Å². The van der Waals surface area contributed by atoms with Crippen LogP contribution < -0.4 is 5.32 Å². The van der Waals surface area contributed by atoms with Gasteiger partial charge in [-0.3, -0.25) is 0 Å².